The molecule has 1 fully saturated rings. The minimum Gasteiger partial charge on any atom is -0.444 e. The summed E-state index contributed by atoms with van der Waals surface area (Å²) in [7, 11) is 0. The predicted molar refractivity (Wildman–Crippen MR) is 115 cm³/mol. The lowest BCUT2D eigenvalue weighted by molar-refractivity contribution is 0.0381. The van der Waals surface area contributed by atoms with E-state index in [1.54, 1.807) is 0 Å². The van der Waals surface area contributed by atoms with Crippen LogP contribution >= 0.6 is 0 Å². The molecule has 0 aliphatic heterocycles. The number of rotatable bonds is 8. The molecular formula is C23H36N2O5. The third-order valence-electron chi connectivity index (χ3n) is 4.61. The van der Waals surface area contributed by atoms with Crippen molar-refractivity contribution in [3.8, 4) is 0 Å². The summed E-state index contributed by atoms with van der Waals surface area (Å²) in [5.41, 5.74) is -0.503. The molecule has 2 N–H and O–H groups in total. The number of hydrogen-bond acceptors (Lipinski definition) is 5. The first-order valence-corrected chi connectivity index (χ1v) is 10.5. The predicted octanol–water partition coefficient (Wildman–Crippen LogP) is 4.40. The number of nitrogens with one attached hydrogen (secondary N) is 2. The average molecular weight is 421 g/mol. The molecule has 7 heteroatoms. The molecule has 0 unspecified atom stereocenters. The van der Waals surface area contributed by atoms with Crippen LogP contribution < -0.4 is 10.6 Å². The van der Waals surface area contributed by atoms with Crippen LogP contribution in [0.15, 0.2) is 30.3 Å². The van der Waals surface area contributed by atoms with Crippen LogP contribution in [-0.2, 0) is 20.8 Å². The molecule has 0 aromatic heterocycles. The van der Waals surface area contributed by atoms with Crippen molar-refractivity contribution in [2.45, 2.75) is 77.7 Å². The zero-order valence-electron chi connectivity index (χ0n) is 19.0. The SMILES string of the molecule is CC(C)(C)OC(=O)NCC[C@H]1C[C@@]1(COCc1ccccc1)NC(=O)OC(C)(C)C. The van der Waals surface area contributed by atoms with E-state index in [-0.39, 0.29) is 5.92 Å². The smallest absolute Gasteiger partial charge is 0.408 e. The maximum atomic E-state index is 12.4. The Bertz CT molecular complexity index is 709. The van der Waals surface area contributed by atoms with Gasteiger partial charge in [-0.3, -0.25) is 0 Å². The van der Waals surface area contributed by atoms with Gasteiger partial charge < -0.3 is 24.8 Å². The van der Waals surface area contributed by atoms with Gasteiger partial charge in [-0.15, -0.1) is 0 Å². The van der Waals surface area contributed by atoms with Gasteiger partial charge in [-0.25, -0.2) is 9.59 Å². The second kappa shape index (κ2) is 9.69. The zero-order chi connectivity index (χ0) is 22.4. The Morgan fingerprint density at radius 3 is 2.20 bits per heavy atom. The van der Waals surface area contributed by atoms with Crippen molar-refractivity contribution in [1.29, 1.82) is 0 Å². The van der Waals surface area contributed by atoms with E-state index in [9.17, 15) is 9.59 Å². The molecule has 2 atom stereocenters. The van der Waals surface area contributed by atoms with E-state index in [2.05, 4.69) is 10.6 Å². The molecule has 2 rings (SSSR count). The monoisotopic (exact) mass is 420 g/mol. The van der Waals surface area contributed by atoms with Gasteiger partial charge in [-0.1, -0.05) is 30.3 Å². The lowest BCUT2D eigenvalue weighted by atomic mass is 10.1. The van der Waals surface area contributed by atoms with Crippen molar-refractivity contribution in [3.63, 3.8) is 0 Å². The standard InChI is InChI=1S/C23H36N2O5/c1-21(2,3)29-19(26)24-13-12-18-14-23(18,25-20(27)30-22(4,5)6)16-28-15-17-10-8-7-9-11-17/h7-11,18H,12-16H2,1-6H3,(H,24,26)(H,25,27)/t18-,23-/m0/s1. The van der Waals surface area contributed by atoms with E-state index in [0.717, 1.165) is 12.0 Å². The summed E-state index contributed by atoms with van der Waals surface area (Å²) < 4.78 is 16.6. The molecule has 0 spiro atoms. The third kappa shape index (κ3) is 8.61. The highest BCUT2D eigenvalue weighted by molar-refractivity contribution is 5.70. The first kappa shape index (κ1) is 24.0. The van der Waals surface area contributed by atoms with Crippen molar-refractivity contribution in [1.82, 2.24) is 10.6 Å². The summed E-state index contributed by atoms with van der Waals surface area (Å²) >= 11 is 0. The van der Waals surface area contributed by atoms with Crippen LogP contribution in [0.3, 0.4) is 0 Å². The topological polar surface area (TPSA) is 85.9 Å². The minimum absolute atomic E-state index is 0.190. The van der Waals surface area contributed by atoms with Gasteiger partial charge in [0.25, 0.3) is 0 Å². The van der Waals surface area contributed by atoms with Crippen molar-refractivity contribution in [3.05, 3.63) is 35.9 Å². The number of hydrogen-bond donors (Lipinski definition) is 2. The largest absolute Gasteiger partial charge is 0.444 e. The summed E-state index contributed by atoms with van der Waals surface area (Å²) in [5.74, 6) is 0.190. The molecular weight excluding hydrogens is 384 g/mol. The molecule has 1 aromatic rings. The Labute approximate surface area is 179 Å². The molecule has 2 amide bonds. The number of ether oxygens (including phenoxy) is 3. The van der Waals surface area contributed by atoms with E-state index in [1.165, 1.54) is 0 Å². The molecule has 1 aliphatic rings. The van der Waals surface area contributed by atoms with Gasteiger partial charge in [0.2, 0.25) is 0 Å². The molecule has 7 nitrogen and oxygen atoms in total. The van der Waals surface area contributed by atoms with Crippen molar-refractivity contribution >= 4 is 12.2 Å². The average Bonchev–Trinajstić information content (AvgIpc) is 3.24. The Balaban J connectivity index is 1.87. The van der Waals surface area contributed by atoms with Gasteiger partial charge in [0.05, 0.1) is 18.8 Å². The van der Waals surface area contributed by atoms with Gasteiger partial charge in [-0.2, -0.15) is 0 Å². The fraction of sp³-hybridized carbons (Fsp3) is 0.652. The quantitative estimate of drug-likeness (QED) is 0.651. The second-order valence-electron chi connectivity index (χ2n) is 9.88. The highest BCUT2D eigenvalue weighted by Crippen LogP contribution is 2.46. The van der Waals surface area contributed by atoms with Gasteiger partial charge in [-0.05, 0) is 65.9 Å². The van der Waals surface area contributed by atoms with Crippen LogP contribution in [0.5, 0.6) is 0 Å². The van der Waals surface area contributed by atoms with Crippen LogP contribution in [0, 0.1) is 5.92 Å². The summed E-state index contributed by atoms with van der Waals surface area (Å²) in [5, 5.41) is 5.78. The number of amides is 2. The van der Waals surface area contributed by atoms with Crippen molar-refractivity contribution in [2.24, 2.45) is 5.92 Å². The molecule has 168 valence electrons. The Morgan fingerprint density at radius 2 is 1.60 bits per heavy atom. The van der Waals surface area contributed by atoms with Gasteiger partial charge in [0, 0.05) is 6.54 Å². The minimum atomic E-state index is -0.571. The van der Waals surface area contributed by atoms with Crippen molar-refractivity contribution < 1.29 is 23.8 Å². The molecule has 0 heterocycles. The van der Waals surface area contributed by atoms with Crippen LogP contribution in [0.4, 0.5) is 9.59 Å². The van der Waals surface area contributed by atoms with Crippen LogP contribution in [0.1, 0.15) is 59.9 Å². The molecule has 1 saturated carbocycles. The number of alkyl carbamates (subject to hydrolysis) is 2. The Kier molecular flexibility index (Phi) is 7.75. The van der Waals surface area contributed by atoms with E-state index >= 15 is 0 Å². The van der Waals surface area contributed by atoms with Crippen molar-refractivity contribution in [2.75, 3.05) is 13.2 Å². The first-order valence-electron chi connectivity index (χ1n) is 10.5. The number of carbonyl (C=O) groups is 2. The molecule has 1 aliphatic carbocycles. The summed E-state index contributed by atoms with van der Waals surface area (Å²) in [6, 6.07) is 9.90. The Morgan fingerprint density at radius 1 is 1.00 bits per heavy atom. The summed E-state index contributed by atoms with van der Waals surface area (Å²) in [4.78, 5) is 24.2. The lowest BCUT2D eigenvalue weighted by Gasteiger charge is -2.24. The fourth-order valence-electron chi connectivity index (χ4n) is 3.22. The van der Waals surface area contributed by atoms with E-state index in [4.69, 9.17) is 14.2 Å². The molecule has 0 radical (unpaired) electrons. The first-order chi connectivity index (χ1) is 13.9. The van der Waals surface area contributed by atoms with E-state index < -0.39 is 28.9 Å². The molecule has 0 bridgehead atoms. The van der Waals surface area contributed by atoms with E-state index in [0.29, 0.717) is 26.2 Å². The fourth-order valence-corrected chi connectivity index (χ4v) is 3.22. The molecule has 0 saturated heterocycles. The van der Waals surface area contributed by atoms with Crippen LogP contribution in [-0.4, -0.2) is 42.1 Å². The van der Waals surface area contributed by atoms with E-state index in [1.807, 2.05) is 71.9 Å². The molecule has 1 aromatic carbocycles. The third-order valence-corrected chi connectivity index (χ3v) is 4.61. The molecule has 30 heavy (non-hydrogen) atoms. The lowest BCUT2D eigenvalue weighted by Crippen LogP contribution is -2.45. The van der Waals surface area contributed by atoms with Gasteiger partial charge >= 0.3 is 12.2 Å². The summed E-state index contributed by atoms with van der Waals surface area (Å²) in [6.07, 6.45) is 0.600. The normalized spacial score (nSPS) is 20.9. The second-order valence-corrected chi connectivity index (χ2v) is 9.88. The maximum Gasteiger partial charge on any atom is 0.408 e. The zero-order valence-corrected chi connectivity index (χ0v) is 19.0. The highest BCUT2D eigenvalue weighted by atomic mass is 16.6. The summed E-state index contributed by atoms with van der Waals surface area (Å²) in [6.45, 7) is 12.3. The highest BCUT2D eigenvalue weighted by Gasteiger charge is 2.55. The number of carbonyl (C=O) groups excluding carboxylic acids is 2. The van der Waals surface area contributed by atoms with Gasteiger partial charge in [0.15, 0.2) is 0 Å². The van der Waals surface area contributed by atoms with Crippen LogP contribution in [0.2, 0.25) is 0 Å². The van der Waals surface area contributed by atoms with Crippen LogP contribution in [0.25, 0.3) is 0 Å². The maximum absolute atomic E-state index is 12.4. The van der Waals surface area contributed by atoms with Gasteiger partial charge in [0.1, 0.15) is 11.2 Å². The number of benzene rings is 1. The Hall–Kier alpha value is -2.28.